The molecule has 0 unspecified atom stereocenters. The van der Waals surface area contributed by atoms with Gasteiger partial charge < -0.3 is 4.90 Å². The Morgan fingerprint density at radius 3 is 1.54 bits per heavy atom. The van der Waals surface area contributed by atoms with E-state index in [1.54, 1.807) is 0 Å². The molecule has 0 aliphatic carbocycles. The Morgan fingerprint density at radius 1 is 0.228 bits per heavy atom. The van der Waals surface area contributed by atoms with Gasteiger partial charge in [-0.2, -0.15) is 0 Å². The first-order chi connectivity index (χ1) is 28.3. The quantitative estimate of drug-likeness (QED) is 0.154. The number of anilines is 3. The van der Waals surface area contributed by atoms with E-state index >= 15 is 0 Å². The van der Waals surface area contributed by atoms with Crippen molar-refractivity contribution < 1.29 is 0 Å². The molecule has 11 aromatic rings. The summed E-state index contributed by atoms with van der Waals surface area (Å²) in [6.45, 7) is 0. The van der Waals surface area contributed by atoms with Crippen molar-refractivity contribution in [2.45, 2.75) is 0 Å². The van der Waals surface area contributed by atoms with Crippen molar-refractivity contribution in [3.8, 4) is 33.4 Å². The third-order valence-corrected chi connectivity index (χ3v) is 11.6. The second-order valence-electron chi connectivity index (χ2n) is 14.9. The van der Waals surface area contributed by atoms with Crippen LogP contribution in [0.25, 0.3) is 87.2 Å². The number of fused-ring (bicyclic) bond motifs is 7. The van der Waals surface area contributed by atoms with Gasteiger partial charge >= 0.3 is 0 Å². The summed E-state index contributed by atoms with van der Waals surface area (Å²) >= 11 is 0. The van der Waals surface area contributed by atoms with E-state index in [-0.39, 0.29) is 0 Å². The Hall–Kier alpha value is -7.48. The Bertz CT molecular complexity index is 3280. The fourth-order valence-electron chi connectivity index (χ4n) is 8.95. The summed E-state index contributed by atoms with van der Waals surface area (Å²) < 4.78 is 0. The molecule has 1 nitrogen and oxygen atoms in total. The lowest BCUT2D eigenvalue weighted by atomic mass is 9.88. The topological polar surface area (TPSA) is 3.24 Å². The van der Waals surface area contributed by atoms with Crippen LogP contribution in [-0.4, -0.2) is 0 Å². The van der Waals surface area contributed by atoms with Crippen LogP contribution in [0.4, 0.5) is 17.1 Å². The van der Waals surface area contributed by atoms with Gasteiger partial charge in [0.25, 0.3) is 0 Å². The van der Waals surface area contributed by atoms with E-state index in [1.165, 1.54) is 87.2 Å². The molecule has 0 amide bonds. The predicted molar refractivity (Wildman–Crippen MR) is 245 cm³/mol. The monoisotopic (exact) mass is 723 g/mol. The molecule has 0 saturated carbocycles. The fraction of sp³-hybridized carbons (Fsp3) is 0. The summed E-state index contributed by atoms with van der Waals surface area (Å²) in [6, 6.07) is 82.2. The van der Waals surface area contributed by atoms with Crippen LogP contribution in [0.15, 0.2) is 224 Å². The first kappa shape index (κ1) is 32.9. The van der Waals surface area contributed by atoms with Crippen LogP contribution in [-0.2, 0) is 0 Å². The number of benzene rings is 11. The van der Waals surface area contributed by atoms with E-state index < -0.39 is 0 Å². The summed E-state index contributed by atoms with van der Waals surface area (Å²) in [6.07, 6.45) is 0. The zero-order valence-corrected chi connectivity index (χ0v) is 31.3. The minimum Gasteiger partial charge on any atom is -0.310 e. The van der Waals surface area contributed by atoms with Crippen LogP contribution < -0.4 is 4.90 Å². The summed E-state index contributed by atoms with van der Waals surface area (Å²) in [7, 11) is 0. The second-order valence-corrected chi connectivity index (χ2v) is 14.9. The average molecular weight is 724 g/mol. The zero-order valence-electron chi connectivity index (χ0n) is 31.3. The molecule has 0 aromatic heterocycles. The molecule has 11 rings (SSSR count). The van der Waals surface area contributed by atoms with Gasteiger partial charge in [-0.3, -0.25) is 0 Å². The molecular weight excluding hydrogens is 687 g/mol. The van der Waals surface area contributed by atoms with E-state index in [9.17, 15) is 0 Å². The van der Waals surface area contributed by atoms with E-state index in [0.717, 1.165) is 17.1 Å². The molecule has 0 spiro atoms. The lowest BCUT2D eigenvalue weighted by molar-refractivity contribution is 1.29. The van der Waals surface area contributed by atoms with Crippen LogP contribution >= 0.6 is 0 Å². The molecular formula is C56H37N. The van der Waals surface area contributed by atoms with E-state index in [2.05, 4.69) is 229 Å². The van der Waals surface area contributed by atoms with Gasteiger partial charge in [0, 0.05) is 16.9 Å². The summed E-state index contributed by atoms with van der Waals surface area (Å²) in [4.78, 5) is 2.46. The lowest BCUT2D eigenvalue weighted by Gasteiger charge is -2.29. The number of para-hydroxylation sites is 1. The molecule has 0 radical (unpaired) electrons. The largest absolute Gasteiger partial charge is 0.310 e. The minimum absolute atomic E-state index is 1.10. The van der Waals surface area contributed by atoms with Gasteiger partial charge in [0.05, 0.1) is 5.69 Å². The highest BCUT2D eigenvalue weighted by atomic mass is 15.1. The van der Waals surface area contributed by atoms with Crippen molar-refractivity contribution in [3.63, 3.8) is 0 Å². The first-order valence-electron chi connectivity index (χ1n) is 19.7. The summed E-state index contributed by atoms with van der Waals surface area (Å²) in [5.74, 6) is 0. The van der Waals surface area contributed by atoms with Crippen molar-refractivity contribution >= 4 is 70.9 Å². The summed E-state index contributed by atoms with van der Waals surface area (Å²) in [5, 5.41) is 12.5. The van der Waals surface area contributed by atoms with Crippen LogP contribution in [0.5, 0.6) is 0 Å². The van der Waals surface area contributed by atoms with E-state index in [0.29, 0.717) is 0 Å². The van der Waals surface area contributed by atoms with Gasteiger partial charge in [0.1, 0.15) is 0 Å². The second kappa shape index (κ2) is 13.7. The SMILES string of the molecule is c1ccc(-c2ccc(N(c3cc(-c4cc5c6ccccc6ccc5c5ccccc45)c4ccccc4c3)c3ccccc3-c3cccc4ccccc34)cc2)cc1. The van der Waals surface area contributed by atoms with Gasteiger partial charge in [-0.25, -0.2) is 0 Å². The molecule has 0 atom stereocenters. The fourth-order valence-corrected chi connectivity index (χ4v) is 8.95. The van der Waals surface area contributed by atoms with Crippen LogP contribution in [0.1, 0.15) is 0 Å². The molecule has 0 bridgehead atoms. The standard InChI is InChI=1S/C56H37N/c1-2-15-38(16-3-1)39-29-32-43(33-30-39)57(56-28-13-12-26-52(56)48-27-14-20-40-17-4-7-21-45(40)48)44-35-42-19-6-9-23-47(42)53(36-44)55-37-54-46-22-8-5-18-41(46)31-34-51(54)49-24-10-11-25-50(49)55/h1-37H. The molecule has 1 heteroatoms. The molecule has 0 heterocycles. The highest BCUT2D eigenvalue weighted by molar-refractivity contribution is 6.22. The Kier molecular flexibility index (Phi) is 7.89. The van der Waals surface area contributed by atoms with Crippen molar-refractivity contribution in [1.82, 2.24) is 0 Å². The average Bonchev–Trinajstić information content (AvgIpc) is 3.29. The maximum Gasteiger partial charge on any atom is 0.0540 e. The van der Waals surface area contributed by atoms with Gasteiger partial charge in [-0.1, -0.05) is 188 Å². The minimum atomic E-state index is 1.10. The molecule has 0 fully saturated rings. The van der Waals surface area contributed by atoms with Crippen molar-refractivity contribution in [2.75, 3.05) is 4.90 Å². The third-order valence-electron chi connectivity index (χ3n) is 11.6. The molecule has 11 aromatic carbocycles. The molecule has 57 heavy (non-hydrogen) atoms. The Morgan fingerprint density at radius 2 is 0.754 bits per heavy atom. The number of hydrogen-bond acceptors (Lipinski definition) is 1. The Labute approximate surface area is 332 Å². The van der Waals surface area contributed by atoms with Crippen molar-refractivity contribution in [3.05, 3.63) is 224 Å². The molecule has 0 saturated heterocycles. The van der Waals surface area contributed by atoms with Gasteiger partial charge in [-0.15, -0.1) is 0 Å². The van der Waals surface area contributed by atoms with E-state index in [4.69, 9.17) is 0 Å². The van der Waals surface area contributed by atoms with Crippen molar-refractivity contribution in [2.24, 2.45) is 0 Å². The summed E-state index contributed by atoms with van der Waals surface area (Å²) in [5.41, 5.74) is 10.5. The van der Waals surface area contributed by atoms with Gasteiger partial charge in [0.2, 0.25) is 0 Å². The number of hydrogen-bond donors (Lipinski definition) is 0. The van der Waals surface area contributed by atoms with Crippen molar-refractivity contribution in [1.29, 1.82) is 0 Å². The molecule has 0 aliphatic rings. The first-order valence-corrected chi connectivity index (χ1v) is 19.7. The maximum absolute atomic E-state index is 2.46. The van der Waals surface area contributed by atoms with Gasteiger partial charge in [-0.05, 0) is 118 Å². The smallest absolute Gasteiger partial charge is 0.0540 e. The normalized spacial score (nSPS) is 11.5. The third kappa shape index (κ3) is 5.63. The Balaban J connectivity index is 1.20. The zero-order chi connectivity index (χ0) is 37.7. The predicted octanol–water partition coefficient (Wildman–Crippen LogP) is 15.9. The van der Waals surface area contributed by atoms with Crippen LogP contribution in [0.3, 0.4) is 0 Å². The van der Waals surface area contributed by atoms with Crippen LogP contribution in [0.2, 0.25) is 0 Å². The number of rotatable bonds is 6. The van der Waals surface area contributed by atoms with E-state index in [1.807, 2.05) is 0 Å². The molecule has 266 valence electrons. The highest BCUT2D eigenvalue weighted by Gasteiger charge is 2.21. The maximum atomic E-state index is 2.46. The van der Waals surface area contributed by atoms with Crippen LogP contribution in [0, 0.1) is 0 Å². The van der Waals surface area contributed by atoms with Gasteiger partial charge in [0.15, 0.2) is 0 Å². The molecule has 0 aliphatic heterocycles. The highest BCUT2D eigenvalue weighted by Crippen LogP contribution is 2.47. The number of nitrogens with zero attached hydrogens (tertiary/aromatic N) is 1. The lowest BCUT2D eigenvalue weighted by Crippen LogP contribution is -2.11. The molecule has 0 N–H and O–H groups in total.